The van der Waals surface area contributed by atoms with Gasteiger partial charge in [0.25, 0.3) is 0 Å². The van der Waals surface area contributed by atoms with E-state index in [2.05, 4.69) is 4.90 Å². The van der Waals surface area contributed by atoms with Crippen LogP contribution >= 0.6 is 0 Å². The average molecular weight is 242 g/mol. The first-order chi connectivity index (χ1) is 7.81. The monoisotopic (exact) mass is 242 g/mol. The minimum absolute atomic E-state index is 0.241. The second kappa shape index (κ2) is 5.49. The van der Waals surface area contributed by atoms with Crippen LogP contribution in [0, 0.1) is 11.3 Å². The number of hydrogen-bond donors (Lipinski definition) is 2. The third-order valence-electron chi connectivity index (χ3n) is 3.39. The van der Waals surface area contributed by atoms with Gasteiger partial charge in [-0.15, -0.1) is 0 Å². The molecule has 1 rings (SSSR count). The molecular formula is C12H22N2O3. The maximum absolute atomic E-state index is 11.0. The van der Waals surface area contributed by atoms with Crippen molar-refractivity contribution in [3.63, 3.8) is 0 Å². The molecule has 0 saturated carbocycles. The molecule has 1 heterocycles. The number of nitrogens with zero attached hydrogens (tertiary/aromatic N) is 1. The Bertz CT molecular complexity index is 294. The molecule has 1 aliphatic rings. The van der Waals surface area contributed by atoms with E-state index in [1.807, 2.05) is 0 Å². The number of carboxylic acid groups (broad SMARTS) is 1. The van der Waals surface area contributed by atoms with Crippen molar-refractivity contribution in [2.24, 2.45) is 17.1 Å². The highest BCUT2D eigenvalue weighted by molar-refractivity contribution is 5.74. The standard InChI is InChI=1S/C12H22N2O3/c1-12(2,11(16)17)8-14-5-3-9(4-6-14)7-10(13)15/h9H,3-8H2,1-2H3,(H2,13,15)(H,16,17). The molecule has 0 bridgehead atoms. The fourth-order valence-electron chi connectivity index (χ4n) is 2.26. The van der Waals surface area contributed by atoms with Crippen LogP contribution in [0.2, 0.25) is 0 Å². The van der Waals surface area contributed by atoms with Gasteiger partial charge in [0.05, 0.1) is 5.41 Å². The molecule has 1 saturated heterocycles. The molecule has 0 atom stereocenters. The molecule has 5 nitrogen and oxygen atoms in total. The summed E-state index contributed by atoms with van der Waals surface area (Å²) in [4.78, 5) is 24.0. The van der Waals surface area contributed by atoms with Crippen molar-refractivity contribution in [2.75, 3.05) is 19.6 Å². The van der Waals surface area contributed by atoms with E-state index in [1.165, 1.54) is 0 Å². The predicted molar refractivity (Wildman–Crippen MR) is 64.4 cm³/mol. The van der Waals surface area contributed by atoms with Gasteiger partial charge in [-0.2, -0.15) is 0 Å². The molecule has 0 aromatic rings. The van der Waals surface area contributed by atoms with Gasteiger partial charge in [-0.05, 0) is 45.7 Å². The quantitative estimate of drug-likeness (QED) is 0.742. The van der Waals surface area contributed by atoms with Crippen LogP contribution in [0.15, 0.2) is 0 Å². The lowest BCUT2D eigenvalue weighted by atomic mass is 9.89. The first kappa shape index (κ1) is 14.0. The number of nitrogens with two attached hydrogens (primary N) is 1. The Morgan fingerprint density at radius 1 is 1.35 bits per heavy atom. The van der Waals surface area contributed by atoms with E-state index in [0.29, 0.717) is 18.9 Å². The fourth-order valence-corrected chi connectivity index (χ4v) is 2.26. The topological polar surface area (TPSA) is 83.6 Å². The Morgan fingerprint density at radius 2 is 1.88 bits per heavy atom. The zero-order valence-electron chi connectivity index (χ0n) is 10.6. The highest BCUT2D eigenvalue weighted by atomic mass is 16.4. The average Bonchev–Trinajstić information content (AvgIpc) is 2.19. The Hall–Kier alpha value is -1.10. The summed E-state index contributed by atoms with van der Waals surface area (Å²) in [5.41, 5.74) is 4.46. The Labute approximate surface area is 102 Å². The van der Waals surface area contributed by atoms with Crippen LogP contribution in [0.25, 0.3) is 0 Å². The van der Waals surface area contributed by atoms with Crippen molar-refractivity contribution in [3.8, 4) is 0 Å². The van der Waals surface area contributed by atoms with E-state index in [1.54, 1.807) is 13.8 Å². The molecule has 0 aromatic heterocycles. The molecule has 0 unspecified atom stereocenters. The number of carboxylic acids is 1. The summed E-state index contributed by atoms with van der Waals surface area (Å²) in [6, 6.07) is 0. The van der Waals surface area contributed by atoms with E-state index < -0.39 is 11.4 Å². The van der Waals surface area contributed by atoms with Gasteiger partial charge in [0, 0.05) is 13.0 Å². The van der Waals surface area contributed by atoms with E-state index in [9.17, 15) is 9.59 Å². The number of rotatable bonds is 5. The van der Waals surface area contributed by atoms with Gasteiger partial charge in [-0.1, -0.05) is 0 Å². The van der Waals surface area contributed by atoms with Crippen LogP contribution in [0.1, 0.15) is 33.1 Å². The van der Waals surface area contributed by atoms with E-state index in [0.717, 1.165) is 25.9 Å². The maximum Gasteiger partial charge on any atom is 0.310 e. The van der Waals surface area contributed by atoms with Crippen molar-refractivity contribution in [1.82, 2.24) is 4.90 Å². The first-order valence-electron chi connectivity index (χ1n) is 6.05. The molecule has 0 aliphatic carbocycles. The summed E-state index contributed by atoms with van der Waals surface area (Å²) in [6.45, 7) is 5.75. The van der Waals surface area contributed by atoms with Crippen LogP contribution in [0.4, 0.5) is 0 Å². The molecule has 3 N–H and O–H groups in total. The number of carbonyl (C=O) groups excluding carboxylic acids is 1. The van der Waals surface area contributed by atoms with Crippen molar-refractivity contribution >= 4 is 11.9 Å². The van der Waals surface area contributed by atoms with Gasteiger partial charge in [0.15, 0.2) is 0 Å². The third-order valence-corrected chi connectivity index (χ3v) is 3.39. The Kier molecular flexibility index (Phi) is 4.51. The summed E-state index contributed by atoms with van der Waals surface area (Å²) in [6.07, 6.45) is 2.31. The summed E-state index contributed by atoms with van der Waals surface area (Å²) in [5.74, 6) is -0.636. The highest BCUT2D eigenvalue weighted by Crippen LogP contribution is 2.24. The normalized spacial score (nSPS) is 19.2. The summed E-state index contributed by atoms with van der Waals surface area (Å²) < 4.78 is 0. The first-order valence-corrected chi connectivity index (χ1v) is 6.05. The van der Waals surface area contributed by atoms with Crippen molar-refractivity contribution < 1.29 is 14.7 Å². The third kappa shape index (κ3) is 4.34. The van der Waals surface area contributed by atoms with Crippen LogP contribution < -0.4 is 5.73 Å². The van der Waals surface area contributed by atoms with Gasteiger partial charge in [0.2, 0.25) is 5.91 Å². The Balaban J connectivity index is 2.37. The second-order valence-corrected chi connectivity index (χ2v) is 5.58. The molecule has 1 amide bonds. The largest absolute Gasteiger partial charge is 0.481 e. The minimum Gasteiger partial charge on any atom is -0.481 e. The molecule has 5 heteroatoms. The Morgan fingerprint density at radius 3 is 2.29 bits per heavy atom. The van der Waals surface area contributed by atoms with E-state index in [4.69, 9.17) is 10.8 Å². The number of piperidine rings is 1. The molecule has 1 fully saturated rings. The molecule has 98 valence electrons. The maximum atomic E-state index is 11.0. The number of amides is 1. The zero-order valence-corrected chi connectivity index (χ0v) is 10.6. The number of likely N-dealkylation sites (tertiary alicyclic amines) is 1. The predicted octanol–water partition coefficient (Wildman–Crippen LogP) is 0.685. The number of hydrogen-bond acceptors (Lipinski definition) is 3. The SMILES string of the molecule is CC(C)(CN1CCC(CC(N)=O)CC1)C(=O)O. The van der Waals surface area contributed by atoms with Crippen molar-refractivity contribution in [2.45, 2.75) is 33.1 Å². The number of primary amides is 1. The van der Waals surface area contributed by atoms with E-state index in [-0.39, 0.29) is 5.91 Å². The molecule has 1 aliphatic heterocycles. The van der Waals surface area contributed by atoms with Crippen LogP contribution in [0.5, 0.6) is 0 Å². The molecule has 17 heavy (non-hydrogen) atoms. The van der Waals surface area contributed by atoms with Gasteiger partial charge >= 0.3 is 5.97 Å². The van der Waals surface area contributed by atoms with Crippen molar-refractivity contribution in [3.05, 3.63) is 0 Å². The van der Waals surface area contributed by atoms with E-state index >= 15 is 0 Å². The molecule has 0 spiro atoms. The molecule has 0 radical (unpaired) electrons. The lowest BCUT2D eigenvalue weighted by Gasteiger charge is -2.35. The zero-order chi connectivity index (χ0) is 13.1. The number of carbonyl (C=O) groups is 2. The fraction of sp³-hybridized carbons (Fsp3) is 0.833. The van der Waals surface area contributed by atoms with Gasteiger partial charge in [-0.25, -0.2) is 0 Å². The lowest BCUT2D eigenvalue weighted by molar-refractivity contribution is -0.148. The van der Waals surface area contributed by atoms with Crippen LogP contribution in [-0.4, -0.2) is 41.5 Å². The van der Waals surface area contributed by atoms with Gasteiger partial charge in [-0.3, -0.25) is 9.59 Å². The van der Waals surface area contributed by atoms with Crippen LogP contribution in [-0.2, 0) is 9.59 Å². The van der Waals surface area contributed by atoms with Crippen LogP contribution in [0.3, 0.4) is 0 Å². The van der Waals surface area contributed by atoms with Crippen molar-refractivity contribution in [1.29, 1.82) is 0 Å². The highest BCUT2D eigenvalue weighted by Gasteiger charge is 2.31. The number of aliphatic carboxylic acids is 1. The summed E-state index contributed by atoms with van der Waals surface area (Å²) in [5, 5.41) is 9.05. The lowest BCUT2D eigenvalue weighted by Crippen LogP contribution is -2.43. The smallest absolute Gasteiger partial charge is 0.310 e. The van der Waals surface area contributed by atoms with Gasteiger partial charge in [0.1, 0.15) is 0 Å². The molecule has 0 aromatic carbocycles. The summed E-state index contributed by atoms with van der Waals surface area (Å²) in [7, 11) is 0. The van der Waals surface area contributed by atoms with Gasteiger partial charge < -0.3 is 15.7 Å². The summed E-state index contributed by atoms with van der Waals surface area (Å²) >= 11 is 0. The second-order valence-electron chi connectivity index (χ2n) is 5.58. The minimum atomic E-state index is -0.767. The molecular weight excluding hydrogens is 220 g/mol.